The van der Waals surface area contributed by atoms with E-state index in [1.165, 1.54) is 28.6 Å². The second kappa shape index (κ2) is 8.07. The number of piperidine rings is 1. The molecule has 1 heterocycles. The fraction of sp³-hybridized carbons (Fsp3) is 0.588. The van der Waals surface area contributed by atoms with Gasteiger partial charge in [-0.3, -0.25) is 4.79 Å². The van der Waals surface area contributed by atoms with E-state index in [9.17, 15) is 17.6 Å². The quantitative estimate of drug-likeness (QED) is 0.849. The van der Waals surface area contributed by atoms with E-state index in [1.807, 2.05) is 13.8 Å². The number of sulfonamides is 1. The zero-order valence-electron chi connectivity index (χ0n) is 14.2. The first-order valence-corrected chi connectivity index (χ1v) is 9.89. The molecule has 1 amide bonds. The van der Waals surface area contributed by atoms with E-state index in [-0.39, 0.29) is 23.4 Å². The molecule has 0 saturated carbocycles. The Balaban J connectivity index is 1.88. The molecule has 0 radical (unpaired) electrons. The molecule has 2 rings (SSSR count). The molecule has 0 bridgehead atoms. The van der Waals surface area contributed by atoms with Crippen molar-refractivity contribution in [3.8, 4) is 0 Å². The SMILES string of the molecule is CC(C)CNC(=O)C1CCN(S(=O)(=O)Cc2ccc(F)cc2)CC1. The van der Waals surface area contributed by atoms with Crippen LogP contribution in [0.4, 0.5) is 4.39 Å². The number of hydrogen-bond donors (Lipinski definition) is 1. The van der Waals surface area contributed by atoms with Crippen molar-refractivity contribution in [2.24, 2.45) is 11.8 Å². The lowest BCUT2D eigenvalue weighted by molar-refractivity contribution is -0.126. The second-order valence-electron chi connectivity index (χ2n) is 6.70. The van der Waals surface area contributed by atoms with Crippen LogP contribution in [-0.4, -0.2) is 38.3 Å². The van der Waals surface area contributed by atoms with Crippen LogP contribution in [-0.2, 0) is 20.6 Å². The molecule has 134 valence electrons. The van der Waals surface area contributed by atoms with Gasteiger partial charge >= 0.3 is 0 Å². The summed E-state index contributed by atoms with van der Waals surface area (Å²) in [5.41, 5.74) is 0.563. The molecule has 1 aliphatic heterocycles. The normalized spacial score (nSPS) is 17.2. The Morgan fingerprint density at radius 1 is 1.25 bits per heavy atom. The van der Waals surface area contributed by atoms with Gasteiger partial charge in [-0.25, -0.2) is 17.1 Å². The van der Waals surface area contributed by atoms with Gasteiger partial charge in [-0.05, 0) is 36.5 Å². The highest BCUT2D eigenvalue weighted by molar-refractivity contribution is 7.88. The fourth-order valence-corrected chi connectivity index (χ4v) is 4.29. The van der Waals surface area contributed by atoms with Gasteiger partial charge in [0, 0.05) is 25.6 Å². The standard InChI is InChI=1S/C17H25FN2O3S/c1-13(2)11-19-17(21)15-7-9-20(10-8-15)24(22,23)12-14-3-5-16(18)6-4-14/h3-6,13,15H,7-12H2,1-2H3,(H,19,21). The summed E-state index contributed by atoms with van der Waals surface area (Å²) in [7, 11) is -3.44. The van der Waals surface area contributed by atoms with Gasteiger partial charge in [0.25, 0.3) is 0 Å². The van der Waals surface area contributed by atoms with Crippen molar-refractivity contribution in [2.45, 2.75) is 32.4 Å². The van der Waals surface area contributed by atoms with Gasteiger partial charge in [0.15, 0.2) is 0 Å². The molecule has 5 nitrogen and oxygen atoms in total. The first kappa shape index (κ1) is 18.9. The third-order valence-electron chi connectivity index (χ3n) is 4.16. The van der Waals surface area contributed by atoms with Crippen LogP contribution >= 0.6 is 0 Å². The first-order valence-electron chi connectivity index (χ1n) is 8.28. The van der Waals surface area contributed by atoms with Crippen molar-refractivity contribution in [3.63, 3.8) is 0 Å². The summed E-state index contributed by atoms with van der Waals surface area (Å²) in [4.78, 5) is 12.1. The minimum atomic E-state index is -3.44. The van der Waals surface area contributed by atoms with E-state index in [0.29, 0.717) is 44.0 Å². The van der Waals surface area contributed by atoms with E-state index in [1.54, 1.807) is 0 Å². The summed E-state index contributed by atoms with van der Waals surface area (Å²) in [5.74, 6) is -0.243. The molecule has 7 heteroatoms. The van der Waals surface area contributed by atoms with Crippen LogP contribution in [0.3, 0.4) is 0 Å². The average Bonchev–Trinajstić information content (AvgIpc) is 2.54. The second-order valence-corrected chi connectivity index (χ2v) is 8.66. The minimum absolute atomic E-state index is 0.0132. The number of carbonyl (C=O) groups is 1. The third kappa shape index (κ3) is 5.27. The lowest BCUT2D eigenvalue weighted by Crippen LogP contribution is -2.43. The van der Waals surface area contributed by atoms with Crippen molar-refractivity contribution in [3.05, 3.63) is 35.6 Å². The largest absolute Gasteiger partial charge is 0.356 e. The Morgan fingerprint density at radius 2 is 1.83 bits per heavy atom. The maximum absolute atomic E-state index is 12.9. The van der Waals surface area contributed by atoms with Gasteiger partial charge in [-0.1, -0.05) is 26.0 Å². The fourth-order valence-electron chi connectivity index (χ4n) is 2.73. The summed E-state index contributed by atoms with van der Waals surface area (Å²) in [6.45, 7) is 5.41. The van der Waals surface area contributed by atoms with Crippen LogP contribution in [0.2, 0.25) is 0 Å². The van der Waals surface area contributed by atoms with E-state index in [2.05, 4.69) is 5.32 Å². The molecule has 1 N–H and O–H groups in total. The van der Waals surface area contributed by atoms with Crippen LogP contribution < -0.4 is 5.32 Å². The van der Waals surface area contributed by atoms with Crippen molar-refractivity contribution in [1.29, 1.82) is 0 Å². The van der Waals surface area contributed by atoms with Gasteiger partial charge < -0.3 is 5.32 Å². The summed E-state index contributed by atoms with van der Waals surface area (Å²) in [6.07, 6.45) is 1.07. The highest BCUT2D eigenvalue weighted by Gasteiger charge is 2.31. The average molecular weight is 356 g/mol. The third-order valence-corrected chi connectivity index (χ3v) is 6.02. The lowest BCUT2D eigenvalue weighted by atomic mass is 9.97. The monoisotopic (exact) mass is 356 g/mol. The molecule has 1 saturated heterocycles. The molecular weight excluding hydrogens is 331 g/mol. The van der Waals surface area contributed by atoms with Crippen LogP contribution in [0.5, 0.6) is 0 Å². The first-order chi connectivity index (χ1) is 11.3. The van der Waals surface area contributed by atoms with Gasteiger partial charge in [-0.15, -0.1) is 0 Å². The van der Waals surface area contributed by atoms with Crippen molar-refractivity contribution < 1.29 is 17.6 Å². The molecule has 0 aromatic heterocycles. The van der Waals surface area contributed by atoms with Crippen LogP contribution in [0, 0.1) is 17.7 Å². The summed E-state index contributed by atoms with van der Waals surface area (Å²) < 4.78 is 39.3. The van der Waals surface area contributed by atoms with E-state index in [4.69, 9.17) is 0 Å². The summed E-state index contributed by atoms with van der Waals surface area (Å²) >= 11 is 0. The summed E-state index contributed by atoms with van der Waals surface area (Å²) in [5, 5.41) is 2.91. The van der Waals surface area contributed by atoms with Gasteiger partial charge in [0.2, 0.25) is 15.9 Å². The van der Waals surface area contributed by atoms with Crippen LogP contribution in [0.1, 0.15) is 32.3 Å². The molecule has 1 fully saturated rings. The number of rotatable bonds is 6. The molecular formula is C17H25FN2O3S. The molecule has 0 atom stereocenters. The van der Waals surface area contributed by atoms with Crippen LogP contribution in [0.25, 0.3) is 0 Å². The zero-order valence-corrected chi connectivity index (χ0v) is 15.0. The number of amides is 1. The molecule has 0 unspecified atom stereocenters. The number of nitrogens with one attached hydrogen (secondary N) is 1. The van der Waals surface area contributed by atoms with E-state index in [0.717, 1.165) is 0 Å². The van der Waals surface area contributed by atoms with Crippen molar-refractivity contribution in [2.75, 3.05) is 19.6 Å². The smallest absolute Gasteiger partial charge is 0.223 e. The highest BCUT2D eigenvalue weighted by atomic mass is 32.2. The van der Waals surface area contributed by atoms with Gasteiger partial charge in [0.05, 0.1) is 5.75 Å². The maximum Gasteiger partial charge on any atom is 0.223 e. The van der Waals surface area contributed by atoms with Gasteiger partial charge in [0.1, 0.15) is 5.82 Å². The number of nitrogens with zero attached hydrogens (tertiary/aromatic N) is 1. The summed E-state index contributed by atoms with van der Waals surface area (Å²) in [6, 6.07) is 5.49. The molecule has 24 heavy (non-hydrogen) atoms. The number of carbonyl (C=O) groups excluding carboxylic acids is 1. The predicted molar refractivity (Wildman–Crippen MR) is 91.2 cm³/mol. The Kier molecular flexibility index (Phi) is 6.34. The van der Waals surface area contributed by atoms with Crippen molar-refractivity contribution in [1.82, 2.24) is 9.62 Å². The molecule has 0 aliphatic carbocycles. The van der Waals surface area contributed by atoms with E-state index < -0.39 is 10.0 Å². The Morgan fingerprint density at radius 3 is 2.38 bits per heavy atom. The maximum atomic E-state index is 12.9. The Labute approximate surface area is 143 Å². The van der Waals surface area contributed by atoms with Gasteiger partial charge in [-0.2, -0.15) is 0 Å². The van der Waals surface area contributed by atoms with Crippen molar-refractivity contribution >= 4 is 15.9 Å². The van der Waals surface area contributed by atoms with Crippen LogP contribution in [0.15, 0.2) is 24.3 Å². The Bertz CT molecular complexity index is 651. The number of halogens is 1. The molecule has 1 aliphatic rings. The topological polar surface area (TPSA) is 66.5 Å². The highest BCUT2D eigenvalue weighted by Crippen LogP contribution is 2.22. The molecule has 0 spiro atoms. The number of hydrogen-bond acceptors (Lipinski definition) is 3. The minimum Gasteiger partial charge on any atom is -0.356 e. The number of benzene rings is 1. The van der Waals surface area contributed by atoms with E-state index >= 15 is 0 Å². The predicted octanol–water partition coefficient (Wildman–Crippen LogP) is 2.14. The molecule has 1 aromatic rings. The zero-order chi connectivity index (χ0) is 17.7. The Hall–Kier alpha value is -1.47. The molecule has 1 aromatic carbocycles. The lowest BCUT2D eigenvalue weighted by Gasteiger charge is -2.30.